The maximum Gasteiger partial charge on any atom is 0.416 e. The number of carbonyl (C=O) groups is 3. The van der Waals surface area contributed by atoms with Crippen LogP contribution in [-0.2, 0) is 28.7 Å². The zero-order valence-electron chi connectivity index (χ0n) is 21.9. The van der Waals surface area contributed by atoms with Gasteiger partial charge in [-0.05, 0) is 35.4 Å². The van der Waals surface area contributed by atoms with E-state index < -0.39 is 41.7 Å². The number of alkyl halides is 3. The molecular weight excluding hydrogens is 537 g/mol. The molecule has 4 amide bonds. The summed E-state index contributed by atoms with van der Waals surface area (Å²) in [5, 5.41) is 5.58. The number of rotatable bonds is 9. The Hall–Kier alpha value is -4.80. The molecule has 3 heterocycles. The maximum atomic E-state index is 14.1. The summed E-state index contributed by atoms with van der Waals surface area (Å²) in [4.78, 5) is 43.5. The van der Waals surface area contributed by atoms with Gasteiger partial charge in [0, 0.05) is 13.0 Å². The fraction of sp³-hybridized carbons (Fsp3) is 0.233. The van der Waals surface area contributed by atoms with Gasteiger partial charge in [0.25, 0.3) is 5.91 Å². The lowest BCUT2D eigenvalue weighted by Gasteiger charge is -2.33. The van der Waals surface area contributed by atoms with Gasteiger partial charge in [0.15, 0.2) is 0 Å². The molecule has 2 aliphatic heterocycles. The molecule has 0 unspecified atom stereocenters. The topological polar surface area (TPSA) is 94.9 Å². The Morgan fingerprint density at radius 1 is 1.10 bits per heavy atom. The molecule has 212 valence electrons. The number of carbonyl (C=O) groups excluding carboxylic acids is 3. The Kier molecular flexibility index (Phi) is 7.69. The van der Waals surface area contributed by atoms with Gasteiger partial charge in [-0.2, -0.15) is 13.2 Å². The molecule has 0 fully saturated rings. The minimum Gasteiger partial charge on any atom is -0.467 e. The molecule has 0 radical (unpaired) electrons. The van der Waals surface area contributed by atoms with Crippen molar-refractivity contribution in [1.82, 2.24) is 20.4 Å². The molecule has 0 saturated heterocycles. The van der Waals surface area contributed by atoms with Crippen molar-refractivity contribution >= 4 is 17.8 Å². The van der Waals surface area contributed by atoms with E-state index in [4.69, 9.17) is 4.42 Å². The van der Waals surface area contributed by atoms with Crippen LogP contribution in [0.5, 0.6) is 0 Å². The van der Waals surface area contributed by atoms with Crippen LogP contribution in [0.15, 0.2) is 101 Å². The van der Waals surface area contributed by atoms with Gasteiger partial charge in [-0.15, -0.1) is 6.58 Å². The first kappa shape index (κ1) is 27.8. The summed E-state index contributed by atoms with van der Waals surface area (Å²) in [6.07, 6.45) is -1.34. The van der Waals surface area contributed by atoms with E-state index in [2.05, 4.69) is 17.2 Å². The van der Waals surface area contributed by atoms with Gasteiger partial charge in [-0.1, -0.05) is 48.5 Å². The molecule has 2 atom stereocenters. The highest BCUT2D eigenvalue weighted by molar-refractivity contribution is 6.03. The van der Waals surface area contributed by atoms with E-state index in [0.717, 1.165) is 17.7 Å². The summed E-state index contributed by atoms with van der Waals surface area (Å²) in [6.45, 7) is 3.86. The first-order chi connectivity index (χ1) is 19.7. The minimum absolute atomic E-state index is 0.0434. The Bertz CT molecular complexity index is 1470. The van der Waals surface area contributed by atoms with Crippen molar-refractivity contribution in [3.8, 4) is 0 Å². The highest BCUT2D eigenvalue weighted by Crippen LogP contribution is 2.38. The second kappa shape index (κ2) is 11.4. The molecular formula is C30H27F3N4O4. The highest BCUT2D eigenvalue weighted by atomic mass is 19.4. The average molecular weight is 565 g/mol. The van der Waals surface area contributed by atoms with Gasteiger partial charge in [-0.25, -0.2) is 4.79 Å². The molecule has 5 rings (SSSR count). The lowest BCUT2D eigenvalue weighted by Crippen LogP contribution is -2.49. The van der Waals surface area contributed by atoms with Gasteiger partial charge < -0.3 is 20.0 Å². The smallest absolute Gasteiger partial charge is 0.416 e. The summed E-state index contributed by atoms with van der Waals surface area (Å²) < 4.78 is 44.9. The monoisotopic (exact) mass is 564 g/mol. The van der Waals surface area contributed by atoms with Crippen molar-refractivity contribution in [1.29, 1.82) is 0 Å². The third-order valence-corrected chi connectivity index (χ3v) is 7.10. The van der Waals surface area contributed by atoms with E-state index in [1.54, 1.807) is 12.1 Å². The third kappa shape index (κ3) is 5.74. The Morgan fingerprint density at radius 3 is 2.46 bits per heavy atom. The number of amides is 4. The molecule has 0 saturated carbocycles. The Balaban J connectivity index is 1.49. The van der Waals surface area contributed by atoms with Crippen LogP contribution in [0.1, 0.15) is 28.5 Å². The minimum atomic E-state index is -4.53. The van der Waals surface area contributed by atoms with Crippen molar-refractivity contribution in [2.45, 2.75) is 31.2 Å². The highest BCUT2D eigenvalue weighted by Gasteiger charge is 2.47. The Morgan fingerprint density at radius 2 is 1.83 bits per heavy atom. The van der Waals surface area contributed by atoms with Crippen LogP contribution in [0.2, 0.25) is 0 Å². The molecule has 8 nitrogen and oxygen atoms in total. The van der Waals surface area contributed by atoms with Crippen molar-refractivity contribution in [2.24, 2.45) is 0 Å². The number of halogens is 3. The standard InChI is InChI=1S/C30H27F3N4O4/c1-2-14-36-24-18-37(23(16-19-7-4-3-5-8-19)27(38)34-17-22-9-6-15-41-22)28(39)25(24)26(35-29(36)40)20-10-12-21(13-11-20)30(31,32)33/h2-13,15,23,26H,1,14,16-18H2,(H,34,38)(H,35,40)/t23-,26+/m1/s1. The lowest BCUT2D eigenvalue weighted by atomic mass is 9.94. The largest absolute Gasteiger partial charge is 0.467 e. The zero-order chi connectivity index (χ0) is 29.1. The molecule has 3 aromatic rings. The van der Waals surface area contributed by atoms with Crippen LogP contribution in [-0.4, -0.2) is 46.8 Å². The van der Waals surface area contributed by atoms with Crippen LogP contribution in [0.4, 0.5) is 18.0 Å². The van der Waals surface area contributed by atoms with Crippen LogP contribution in [0.3, 0.4) is 0 Å². The van der Waals surface area contributed by atoms with Gasteiger partial charge >= 0.3 is 12.2 Å². The molecule has 2 aromatic carbocycles. The molecule has 2 N–H and O–H groups in total. The number of hydrogen-bond donors (Lipinski definition) is 2. The maximum absolute atomic E-state index is 14.1. The fourth-order valence-electron chi connectivity index (χ4n) is 5.09. The van der Waals surface area contributed by atoms with Gasteiger partial charge in [0.05, 0.1) is 42.2 Å². The number of urea groups is 1. The summed E-state index contributed by atoms with van der Waals surface area (Å²) >= 11 is 0. The van der Waals surface area contributed by atoms with Crippen LogP contribution < -0.4 is 10.6 Å². The van der Waals surface area contributed by atoms with E-state index in [1.165, 1.54) is 34.3 Å². The van der Waals surface area contributed by atoms with Crippen molar-refractivity contribution < 1.29 is 32.0 Å². The van der Waals surface area contributed by atoms with Crippen LogP contribution >= 0.6 is 0 Å². The molecule has 1 aromatic heterocycles. The Labute approximate surface area is 234 Å². The normalized spacial score (nSPS) is 17.8. The van der Waals surface area contributed by atoms with E-state index in [1.807, 2.05) is 30.3 Å². The summed E-state index contributed by atoms with van der Waals surface area (Å²) in [5.74, 6) is -0.372. The van der Waals surface area contributed by atoms with Gasteiger partial charge in [0.1, 0.15) is 11.8 Å². The number of furan rings is 1. The SMILES string of the molecule is C=CCN1C(=O)N[C@@H](c2ccc(C(F)(F)F)cc2)C2=C1CN([C@H](Cc1ccccc1)C(=O)NCc1ccco1)C2=O. The van der Waals surface area contributed by atoms with Crippen molar-refractivity contribution in [3.05, 3.63) is 119 Å². The first-order valence-corrected chi connectivity index (χ1v) is 12.9. The second-order valence-electron chi connectivity index (χ2n) is 9.70. The fourth-order valence-corrected chi connectivity index (χ4v) is 5.09. The van der Waals surface area contributed by atoms with Crippen LogP contribution in [0.25, 0.3) is 0 Å². The van der Waals surface area contributed by atoms with E-state index >= 15 is 0 Å². The van der Waals surface area contributed by atoms with Crippen molar-refractivity contribution in [3.63, 3.8) is 0 Å². The summed E-state index contributed by atoms with van der Waals surface area (Å²) in [6, 6.07) is 14.5. The van der Waals surface area contributed by atoms with E-state index in [0.29, 0.717) is 17.0 Å². The number of hydrogen-bond acceptors (Lipinski definition) is 4. The van der Waals surface area contributed by atoms with E-state index in [-0.39, 0.29) is 31.6 Å². The molecule has 0 spiro atoms. The molecule has 0 bridgehead atoms. The summed E-state index contributed by atoms with van der Waals surface area (Å²) in [5.41, 5.74) is 0.860. The zero-order valence-corrected chi connectivity index (χ0v) is 21.9. The second-order valence-corrected chi connectivity index (χ2v) is 9.70. The number of benzene rings is 2. The third-order valence-electron chi connectivity index (χ3n) is 7.10. The van der Waals surface area contributed by atoms with Gasteiger partial charge in [0.2, 0.25) is 5.91 Å². The van der Waals surface area contributed by atoms with E-state index in [9.17, 15) is 27.6 Å². The predicted molar refractivity (Wildman–Crippen MR) is 143 cm³/mol. The summed E-state index contributed by atoms with van der Waals surface area (Å²) in [7, 11) is 0. The predicted octanol–water partition coefficient (Wildman–Crippen LogP) is 4.57. The number of nitrogens with zero attached hydrogens (tertiary/aromatic N) is 2. The molecule has 41 heavy (non-hydrogen) atoms. The average Bonchev–Trinajstić information content (AvgIpc) is 3.60. The quantitative estimate of drug-likeness (QED) is 0.372. The lowest BCUT2D eigenvalue weighted by molar-refractivity contribution is -0.137. The molecule has 2 aliphatic rings. The molecule has 0 aliphatic carbocycles. The molecule has 11 heteroatoms. The number of nitrogens with one attached hydrogen (secondary N) is 2. The van der Waals surface area contributed by atoms with Crippen molar-refractivity contribution in [2.75, 3.05) is 13.1 Å². The first-order valence-electron chi connectivity index (χ1n) is 12.9. The van der Waals surface area contributed by atoms with Crippen LogP contribution in [0, 0.1) is 0 Å². The van der Waals surface area contributed by atoms with Gasteiger partial charge in [-0.3, -0.25) is 14.5 Å².